The van der Waals surface area contributed by atoms with Crippen molar-refractivity contribution in [1.82, 2.24) is 0 Å². The molecule has 0 spiro atoms. The van der Waals surface area contributed by atoms with Gasteiger partial charge in [-0.3, -0.25) is 0 Å². The van der Waals surface area contributed by atoms with Crippen LogP contribution in [0.1, 0.15) is 13.3 Å². The molecule has 1 rings (SSSR count). The van der Waals surface area contributed by atoms with Crippen LogP contribution in [0.15, 0.2) is 22.7 Å². The first-order chi connectivity index (χ1) is 7.67. The molecule has 0 aromatic heterocycles. The summed E-state index contributed by atoms with van der Waals surface area (Å²) >= 11 is 3.51. The monoisotopic (exact) mass is 287 g/mol. The molecule has 0 bridgehead atoms. The highest BCUT2D eigenvalue weighted by Crippen LogP contribution is 2.27. The molecular weight excluding hydrogens is 270 g/mol. The van der Waals surface area contributed by atoms with Crippen molar-refractivity contribution in [1.29, 1.82) is 0 Å². The third-order valence-electron chi connectivity index (χ3n) is 2.33. The van der Waals surface area contributed by atoms with Crippen molar-refractivity contribution < 1.29 is 9.47 Å². The Hall–Kier alpha value is -0.740. The van der Waals surface area contributed by atoms with E-state index in [0.717, 1.165) is 28.9 Å². The van der Waals surface area contributed by atoms with Gasteiger partial charge in [-0.05, 0) is 41.4 Å². The average Bonchev–Trinajstić information content (AvgIpc) is 2.29. The summed E-state index contributed by atoms with van der Waals surface area (Å²) in [4.78, 5) is 0. The largest absolute Gasteiger partial charge is 0.497 e. The molecule has 0 heterocycles. The molecule has 1 N–H and O–H groups in total. The van der Waals surface area contributed by atoms with Gasteiger partial charge in [-0.2, -0.15) is 0 Å². The number of hydrogen-bond donors (Lipinski definition) is 1. The topological polar surface area (TPSA) is 30.5 Å². The normalized spacial score (nSPS) is 12.2. The highest BCUT2D eigenvalue weighted by Gasteiger charge is 2.06. The molecule has 0 radical (unpaired) electrons. The fraction of sp³-hybridized carbons (Fsp3) is 0.500. The van der Waals surface area contributed by atoms with Crippen LogP contribution in [0.4, 0.5) is 5.69 Å². The molecule has 0 amide bonds. The fourth-order valence-electron chi connectivity index (χ4n) is 1.37. The van der Waals surface area contributed by atoms with Gasteiger partial charge in [0, 0.05) is 30.3 Å². The number of nitrogens with one attached hydrogen (secondary N) is 1. The highest BCUT2D eigenvalue weighted by atomic mass is 79.9. The lowest BCUT2D eigenvalue weighted by Gasteiger charge is -2.16. The zero-order chi connectivity index (χ0) is 12.0. The lowest BCUT2D eigenvalue weighted by Crippen LogP contribution is -2.17. The van der Waals surface area contributed by atoms with Crippen LogP contribution in [0, 0.1) is 0 Å². The minimum atomic E-state index is 0.364. The van der Waals surface area contributed by atoms with Gasteiger partial charge < -0.3 is 14.8 Å². The Labute approximate surface area is 105 Å². The Morgan fingerprint density at radius 2 is 2.12 bits per heavy atom. The lowest BCUT2D eigenvalue weighted by atomic mass is 10.2. The number of methoxy groups -OCH3 is 2. The minimum Gasteiger partial charge on any atom is -0.497 e. The van der Waals surface area contributed by atoms with Gasteiger partial charge in [-0.1, -0.05) is 0 Å². The Kier molecular flexibility index (Phi) is 5.63. The second-order valence-corrected chi connectivity index (χ2v) is 4.53. The smallest absolute Gasteiger partial charge is 0.121 e. The summed E-state index contributed by atoms with van der Waals surface area (Å²) in [5.41, 5.74) is 1.04. The van der Waals surface area contributed by atoms with Crippen LogP contribution in [0.25, 0.3) is 0 Å². The molecule has 0 fully saturated rings. The first-order valence-corrected chi connectivity index (χ1v) is 6.05. The van der Waals surface area contributed by atoms with E-state index in [2.05, 4.69) is 28.2 Å². The van der Waals surface area contributed by atoms with Crippen molar-refractivity contribution in [3.8, 4) is 5.75 Å². The first-order valence-electron chi connectivity index (χ1n) is 5.26. The van der Waals surface area contributed by atoms with Gasteiger partial charge in [-0.25, -0.2) is 0 Å². The van der Waals surface area contributed by atoms with Crippen LogP contribution in [-0.2, 0) is 4.74 Å². The molecule has 90 valence electrons. The molecule has 1 aromatic carbocycles. The van der Waals surface area contributed by atoms with Crippen LogP contribution in [-0.4, -0.2) is 26.9 Å². The van der Waals surface area contributed by atoms with Crippen LogP contribution < -0.4 is 10.1 Å². The van der Waals surface area contributed by atoms with Gasteiger partial charge in [0.1, 0.15) is 5.75 Å². The van der Waals surface area contributed by atoms with Gasteiger partial charge >= 0.3 is 0 Å². The van der Waals surface area contributed by atoms with Crippen molar-refractivity contribution in [3.05, 3.63) is 22.7 Å². The van der Waals surface area contributed by atoms with Gasteiger partial charge in [0.2, 0.25) is 0 Å². The fourth-order valence-corrected chi connectivity index (χ4v) is 1.74. The number of benzene rings is 1. The molecule has 16 heavy (non-hydrogen) atoms. The van der Waals surface area contributed by atoms with Crippen molar-refractivity contribution in [2.45, 2.75) is 19.4 Å². The van der Waals surface area contributed by atoms with Crippen molar-refractivity contribution >= 4 is 21.6 Å². The summed E-state index contributed by atoms with van der Waals surface area (Å²) in [6, 6.07) is 6.25. The second-order valence-electron chi connectivity index (χ2n) is 3.67. The molecule has 1 atom stereocenters. The van der Waals surface area contributed by atoms with Gasteiger partial charge in [0.15, 0.2) is 0 Å². The Morgan fingerprint density at radius 3 is 2.75 bits per heavy atom. The van der Waals surface area contributed by atoms with Gasteiger partial charge in [-0.15, -0.1) is 0 Å². The van der Waals surface area contributed by atoms with Crippen LogP contribution >= 0.6 is 15.9 Å². The predicted molar refractivity (Wildman–Crippen MR) is 70.3 cm³/mol. The molecule has 0 saturated carbocycles. The summed E-state index contributed by atoms with van der Waals surface area (Å²) in [6.45, 7) is 2.89. The molecule has 0 aliphatic rings. The standard InChI is InChI=1S/C12H18BrNO2/c1-9(6-7-15-2)14-12-8-10(16-3)4-5-11(12)13/h4-5,8-9,14H,6-7H2,1-3H3. The van der Waals surface area contributed by atoms with Crippen molar-refractivity contribution in [3.63, 3.8) is 0 Å². The summed E-state index contributed by atoms with van der Waals surface area (Å²) in [5.74, 6) is 0.852. The minimum absolute atomic E-state index is 0.364. The maximum atomic E-state index is 5.19. The van der Waals surface area contributed by atoms with E-state index < -0.39 is 0 Å². The molecular formula is C12H18BrNO2. The number of hydrogen-bond acceptors (Lipinski definition) is 3. The van der Waals surface area contributed by atoms with E-state index in [1.165, 1.54) is 0 Å². The van der Waals surface area contributed by atoms with Gasteiger partial charge in [0.05, 0.1) is 12.8 Å². The first kappa shape index (κ1) is 13.3. The van der Waals surface area contributed by atoms with Crippen molar-refractivity contribution in [2.75, 3.05) is 26.1 Å². The van der Waals surface area contributed by atoms with E-state index in [-0.39, 0.29) is 0 Å². The van der Waals surface area contributed by atoms with Crippen molar-refractivity contribution in [2.24, 2.45) is 0 Å². The third-order valence-corrected chi connectivity index (χ3v) is 3.02. The SMILES string of the molecule is COCCC(C)Nc1cc(OC)ccc1Br. The van der Waals surface area contributed by atoms with E-state index in [1.54, 1.807) is 14.2 Å². The molecule has 3 nitrogen and oxygen atoms in total. The van der Waals surface area contributed by atoms with E-state index in [4.69, 9.17) is 9.47 Å². The summed E-state index contributed by atoms with van der Waals surface area (Å²) in [7, 11) is 3.38. The van der Waals surface area contributed by atoms with E-state index in [9.17, 15) is 0 Å². The highest BCUT2D eigenvalue weighted by molar-refractivity contribution is 9.10. The van der Waals surface area contributed by atoms with E-state index in [1.807, 2.05) is 18.2 Å². The molecule has 0 aliphatic heterocycles. The Bertz CT molecular complexity index is 331. The summed E-state index contributed by atoms with van der Waals surface area (Å²) in [6.07, 6.45) is 0.972. The number of rotatable bonds is 6. The Morgan fingerprint density at radius 1 is 1.38 bits per heavy atom. The Balaban J connectivity index is 2.64. The van der Waals surface area contributed by atoms with Crippen LogP contribution in [0.5, 0.6) is 5.75 Å². The number of anilines is 1. The molecule has 4 heteroatoms. The second kappa shape index (κ2) is 6.76. The predicted octanol–water partition coefficient (Wildman–Crippen LogP) is 3.29. The number of ether oxygens (including phenoxy) is 2. The maximum absolute atomic E-state index is 5.19. The van der Waals surface area contributed by atoms with Crippen LogP contribution in [0.3, 0.4) is 0 Å². The molecule has 0 aliphatic carbocycles. The lowest BCUT2D eigenvalue weighted by molar-refractivity contribution is 0.191. The molecule has 0 saturated heterocycles. The zero-order valence-electron chi connectivity index (χ0n) is 9.92. The summed E-state index contributed by atoms with van der Waals surface area (Å²) in [5, 5.41) is 3.41. The average molecular weight is 288 g/mol. The zero-order valence-corrected chi connectivity index (χ0v) is 11.5. The number of halogens is 1. The maximum Gasteiger partial charge on any atom is 0.121 e. The van der Waals surface area contributed by atoms with E-state index in [0.29, 0.717) is 6.04 Å². The quantitative estimate of drug-likeness (QED) is 0.871. The van der Waals surface area contributed by atoms with Gasteiger partial charge in [0.25, 0.3) is 0 Å². The molecule has 1 unspecified atom stereocenters. The van der Waals surface area contributed by atoms with E-state index >= 15 is 0 Å². The van der Waals surface area contributed by atoms with Crippen LogP contribution in [0.2, 0.25) is 0 Å². The molecule has 1 aromatic rings. The third kappa shape index (κ3) is 4.02. The summed E-state index contributed by atoms with van der Waals surface area (Å²) < 4.78 is 11.3.